The van der Waals surface area contributed by atoms with Crippen LogP contribution in [0, 0.1) is 0 Å². The van der Waals surface area contributed by atoms with E-state index in [1.165, 1.54) is 11.3 Å². The van der Waals surface area contributed by atoms with E-state index in [-0.39, 0.29) is 50.1 Å². The summed E-state index contributed by atoms with van der Waals surface area (Å²) in [7, 11) is -4.19. The van der Waals surface area contributed by atoms with E-state index in [9.17, 15) is 8.42 Å². The maximum absolute atomic E-state index is 11.1. The van der Waals surface area contributed by atoms with Crippen molar-refractivity contribution < 1.29 is 58.2 Å². The summed E-state index contributed by atoms with van der Waals surface area (Å²) in [6, 6.07) is 0. The molecule has 6 nitrogen and oxygen atoms in total. The van der Waals surface area contributed by atoms with Gasteiger partial charge in [0, 0.05) is 10.8 Å². The van der Waals surface area contributed by atoms with Crippen molar-refractivity contribution in [1.82, 2.24) is 0 Å². The first-order valence-corrected chi connectivity index (χ1v) is 8.39. The molecular weight excluding hydrogens is 315 g/mol. The summed E-state index contributed by atoms with van der Waals surface area (Å²) >= 11 is 1.47. The molecule has 2 atom stereocenters. The van der Waals surface area contributed by atoms with Crippen molar-refractivity contribution in [3.63, 3.8) is 0 Å². The molecule has 0 amide bonds. The van der Waals surface area contributed by atoms with Crippen molar-refractivity contribution in [2.45, 2.75) is 31.3 Å². The van der Waals surface area contributed by atoms with Gasteiger partial charge in [0.2, 0.25) is 0 Å². The minimum atomic E-state index is -4.19. The van der Waals surface area contributed by atoms with Crippen LogP contribution in [0.2, 0.25) is 0 Å². The zero-order valence-corrected chi connectivity index (χ0v) is 15.1. The van der Waals surface area contributed by atoms with E-state index in [1.807, 2.05) is 17.7 Å². The topological polar surface area (TPSA) is 82.1 Å². The minimum Gasteiger partial charge on any atom is -1.00 e. The number of hydrogen-bond acceptors (Lipinski definition) is 6. The van der Waals surface area contributed by atoms with E-state index in [2.05, 4.69) is 0 Å². The third-order valence-electron chi connectivity index (χ3n) is 2.64. The first-order valence-electron chi connectivity index (χ1n) is 5.94. The molecule has 0 bridgehead atoms. The van der Waals surface area contributed by atoms with Crippen LogP contribution in [0.5, 0.6) is 11.5 Å². The molecule has 2 unspecified atom stereocenters. The fourth-order valence-electron chi connectivity index (χ4n) is 1.71. The van der Waals surface area contributed by atoms with E-state index >= 15 is 0 Å². The molecule has 110 valence electrons. The molecule has 0 saturated carbocycles. The Morgan fingerprint density at radius 1 is 1.55 bits per heavy atom. The molecule has 1 aromatic heterocycles. The van der Waals surface area contributed by atoms with Crippen LogP contribution in [-0.2, 0) is 14.9 Å². The predicted molar refractivity (Wildman–Crippen MR) is 71.5 cm³/mol. The predicted octanol–water partition coefficient (Wildman–Crippen LogP) is -0.965. The van der Waals surface area contributed by atoms with Crippen molar-refractivity contribution in [3.05, 3.63) is 10.8 Å². The SMILES string of the molecule is CCCC(OCC1COc2cscc2O1)S(=O)(=O)O.[H-].[Na+]. The summed E-state index contributed by atoms with van der Waals surface area (Å²) in [4.78, 5) is 0. The van der Waals surface area contributed by atoms with Gasteiger partial charge in [0.15, 0.2) is 23.0 Å². The number of hydrogen-bond donors (Lipinski definition) is 1. The van der Waals surface area contributed by atoms with Crippen LogP contribution in [0.15, 0.2) is 10.8 Å². The average Bonchev–Trinajstić information content (AvgIpc) is 2.80. The number of ether oxygens (including phenoxy) is 3. The Kier molecular flexibility index (Phi) is 7.27. The van der Waals surface area contributed by atoms with E-state index in [4.69, 9.17) is 18.8 Å². The van der Waals surface area contributed by atoms with Gasteiger partial charge in [0.1, 0.15) is 6.61 Å². The number of thiophene rings is 1. The number of fused-ring (bicyclic) bond motifs is 1. The maximum atomic E-state index is 11.1. The van der Waals surface area contributed by atoms with E-state index in [1.54, 1.807) is 0 Å². The van der Waals surface area contributed by atoms with Gasteiger partial charge in [-0.15, -0.1) is 11.3 Å². The van der Waals surface area contributed by atoms with Gasteiger partial charge >= 0.3 is 29.6 Å². The third kappa shape index (κ3) is 4.87. The molecule has 2 rings (SSSR count). The second kappa shape index (κ2) is 7.98. The molecule has 0 aliphatic carbocycles. The molecule has 1 aliphatic heterocycles. The summed E-state index contributed by atoms with van der Waals surface area (Å²) < 4.78 is 47.5. The largest absolute Gasteiger partial charge is 1.00 e. The zero-order chi connectivity index (χ0) is 13.9. The molecule has 20 heavy (non-hydrogen) atoms. The third-order valence-corrected chi connectivity index (χ3v) is 4.37. The van der Waals surface area contributed by atoms with Crippen molar-refractivity contribution in [3.8, 4) is 11.5 Å². The van der Waals surface area contributed by atoms with Gasteiger partial charge in [-0.1, -0.05) is 13.3 Å². The Morgan fingerprint density at radius 3 is 2.90 bits per heavy atom. The van der Waals surface area contributed by atoms with Gasteiger partial charge in [0.05, 0.1) is 6.61 Å². The molecular formula is C11H17NaO6S2. The summed E-state index contributed by atoms with van der Waals surface area (Å²) in [5, 5.41) is 3.65. The molecule has 1 aliphatic rings. The Hall–Kier alpha value is 0.170. The molecule has 0 saturated heterocycles. The van der Waals surface area contributed by atoms with Gasteiger partial charge in [-0.25, -0.2) is 0 Å². The summed E-state index contributed by atoms with van der Waals surface area (Å²) in [6.45, 7) is 2.17. The average molecular weight is 332 g/mol. The van der Waals surface area contributed by atoms with Crippen molar-refractivity contribution >= 4 is 21.5 Å². The second-order valence-corrected chi connectivity index (χ2v) is 6.52. The van der Waals surface area contributed by atoms with Crippen LogP contribution in [-0.4, -0.2) is 37.7 Å². The van der Waals surface area contributed by atoms with Crippen LogP contribution in [0.3, 0.4) is 0 Å². The summed E-state index contributed by atoms with van der Waals surface area (Å²) in [6.07, 6.45) is 0.472. The molecule has 1 N–H and O–H groups in total. The Labute approximate surface area is 145 Å². The monoisotopic (exact) mass is 332 g/mol. The smallest absolute Gasteiger partial charge is 1.00 e. The van der Waals surface area contributed by atoms with Gasteiger partial charge in [-0.3, -0.25) is 4.55 Å². The Morgan fingerprint density at radius 2 is 2.25 bits per heavy atom. The summed E-state index contributed by atoms with van der Waals surface area (Å²) in [5.74, 6) is 1.34. The van der Waals surface area contributed by atoms with Crippen LogP contribution in [0.1, 0.15) is 21.2 Å². The van der Waals surface area contributed by atoms with Crippen LogP contribution in [0.25, 0.3) is 0 Å². The van der Waals surface area contributed by atoms with Crippen molar-refractivity contribution in [1.29, 1.82) is 0 Å². The van der Waals surface area contributed by atoms with Crippen LogP contribution < -0.4 is 39.0 Å². The Bertz CT molecular complexity index is 521. The molecule has 0 radical (unpaired) electrons. The molecule has 9 heteroatoms. The molecule has 0 fully saturated rings. The van der Waals surface area contributed by atoms with Crippen molar-refractivity contribution in [2.75, 3.05) is 13.2 Å². The fourth-order valence-corrected chi connectivity index (χ4v) is 3.17. The first-order chi connectivity index (χ1) is 9.00. The molecule has 0 aromatic carbocycles. The molecule has 0 spiro atoms. The second-order valence-electron chi connectivity index (χ2n) is 4.22. The quantitative estimate of drug-likeness (QED) is 0.533. The molecule has 1 aromatic rings. The molecule has 2 heterocycles. The van der Waals surface area contributed by atoms with E-state index < -0.39 is 15.6 Å². The van der Waals surface area contributed by atoms with Gasteiger partial charge in [0.25, 0.3) is 10.1 Å². The number of rotatable bonds is 6. The van der Waals surface area contributed by atoms with Gasteiger partial charge in [-0.05, 0) is 6.42 Å². The van der Waals surface area contributed by atoms with Crippen molar-refractivity contribution in [2.24, 2.45) is 0 Å². The van der Waals surface area contributed by atoms with Crippen LogP contribution in [0.4, 0.5) is 0 Å². The van der Waals surface area contributed by atoms with E-state index in [0.29, 0.717) is 24.5 Å². The first kappa shape index (κ1) is 18.2. The standard InChI is InChI=1S/C11H16O6S2.Na.H/c1-2-3-11(19(12,13)14)16-5-8-4-15-9-6-18-7-10(9)17-8;;/h6-8,11H,2-5H2,1H3,(H,12,13,14);;/q;+1;-1. The zero-order valence-electron chi connectivity index (χ0n) is 12.4. The maximum Gasteiger partial charge on any atom is 1.00 e. The van der Waals surface area contributed by atoms with Crippen LogP contribution >= 0.6 is 11.3 Å². The minimum absolute atomic E-state index is 0. The Balaban J connectivity index is 0.00000200. The normalized spacial score (nSPS) is 19.2. The summed E-state index contributed by atoms with van der Waals surface area (Å²) in [5.41, 5.74) is -1.20. The van der Waals surface area contributed by atoms with Gasteiger partial charge in [-0.2, -0.15) is 8.42 Å². The fraction of sp³-hybridized carbons (Fsp3) is 0.636. The van der Waals surface area contributed by atoms with Gasteiger partial charge < -0.3 is 15.6 Å². The van der Waals surface area contributed by atoms with E-state index in [0.717, 1.165) is 0 Å².